The lowest BCUT2D eigenvalue weighted by atomic mass is 10.1. The van der Waals surface area contributed by atoms with Gasteiger partial charge < -0.3 is 9.26 Å². The standard InChI is InChI=1S/C16H15ClN4O2S.C4H8O/c1-10-13(24)8-18-21(16(10)22)9-15-19-14(20-23-15)7-4-11-2-5-12(17)6-3-11;1-2-4-5-3-1/h2-3,5-6,8,24H,4,7,9H2,1H3;1-4H2. The summed E-state index contributed by atoms with van der Waals surface area (Å²) in [5.74, 6) is 0.942. The fourth-order valence-corrected chi connectivity index (χ4v) is 2.96. The first kappa shape index (κ1) is 21.5. The summed E-state index contributed by atoms with van der Waals surface area (Å²) in [5, 5.41) is 8.69. The summed E-state index contributed by atoms with van der Waals surface area (Å²) in [4.78, 5) is 17.0. The maximum absolute atomic E-state index is 12.1. The van der Waals surface area contributed by atoms with Gasteiger partial charge in [0, 0.05) is 35.1 Å². The molecular weight excluding hydrogens is 412 g/mol. The average molecular weight is 435 g/mol. The van der Waals surface area contributed by atoms with E-state index in [4.69, 9.17) is 20.9 Å². The molecule has 9 heteroatoms. The summed E-state index contributed by atoms with van der Waals surface area (Å²) >= 11 is 10.0. The zero-order chi connectivity index (χ0) is 20.6. The Morgan fingerprint density at radius 1 is 1.17 bits per heavy atom. The van der Waals surface area contributed by atoms with Crippen molar-refractivity contribution in [1.29, 1.82) is 0 Å². The molecule has 0 aliphatic carbocycles. The summed E-state index contributed by atoms with van der Waals surface area (Å²) in [6, 6.07) is 7.64. The predicted octanol–water partition coefficient (Wildman–Crippen LogP) is 3.51. The van der Waals surface area contributed by atoms with E-state index in [1.165, 1.54) is 23.7 Å². The molecule has 0 spiro atoms. The van der Waals surface area contributed by atoms with Gasteiger partial charge in [-0.25, -0.2) is 4.68 Å². The molecule has 7 nitrogen and oxygen atoms in total. The molecule has 0 N–H and O–H groups in total. The van der Waals surface area contributed by atoms with E-state index in [1.807, 2.05) is 24.3 Å². The van der Waals surface area contributed by atoms with Crippen molar-refractivity contribution < 1.29 is 9.26 Å². The third-order valence-corrected chi connectivity index (χ3v) is 5.13. The second-order valence-corrected chi connectivity index (χ2v) is 7.59. The molecule has 0 atom stereocenters. The van der Waals surface area contributed by atoms with Gasteiger partial charge in [-0.15, -0.1) is 12.6 Å². The quantitative estimate of drug-likeness (QED) is 0.619. The van der Waals surface area contributed by atoms with E-state index in [2.05, 4.69) is 27.9 Å². The Morgan fingerprint density at radius 2 is 1.90 bits per heavy atom. The Kier molecular flexibility index (Phi) is 7.85. The Hall–Kier alpha value is -2.16. The summed E-state index contributed by atoms with van der Waals surface area (Å²) in [5.41, 5.74) is 1.46. The van der Waals surface area contributed by atoms with E-state index in [9.17, 15) is 4.79 Å². The van der Waals surface area contributed by atoms with Crippen LogP contribution < -0.4 is 5.56 Å². The van der Waals surface area contributed by atoms with Crippen LogP contribution in [-0.2, 0) is 24.1 Å². The highest BCUT2D eigenvalue weighted by Gasteiger charge is 2.11. The maximum atomic E-state index is 12.1. The van der Waals surface area contributed by atoms with Crippen LogP contribution in [0.25, 0.3) is 0 Å². The van der Waals surface area contributed by atoms with Gasteiger partial charge in [0.05, 0.1) is 6.20 Å². The zero-order valence-corrected chi connectivity index (χ0v) is 17.8. The van der Waals surface area contributed by atoms with Crippen molar-refractivity contribution in [3.8, 4) is 0 Å². The number of benzene rings is 1. The van der Waals surface area contributed by atoms with Crippen molar-refractivity contribution in [2.24, 2.45) is 0 Å². The van der Waals surface area contributed by atoms with Crippen LogP contribution in [0.15, 0.2) is 44.7 Å². The van der Waals surface area contributed by atoms with Gasteiger partial charge in [0.25, 0.3) is 5.56 Å². The molecular formula is C20H23ClN4O3S. The summed E-state index contributed by atoms with van der Waals surface area (Å²) in [7, 11) is 0. The van der Waals surface area contributed by atoms with Crippen molar-refractivity contribution in [3.05, 3.63) is 68.7 Å². The van der Waals surface area contributed by atoms with Crippen molar-refractivity contribution in [2.45, 2.75) is 44.0 Å². The highest BCUT2D eigenvalue weighted by atomic mass is 35.5. The monoisotopic (exact) mass is 434 g/mol. The number of hydrogen-bond acceptors (Lipinski definition) is 7. The third-order valence-electron chi connectivity index (χ3n) is 4.43. The van der Waals surface area contributed by atoms with Crippen LogP contribution >= 0.6 is 24.2 Å². The minimum Gasteiger partial charge on any atom is -0.381 e. The lowest BCUT2D eigenvalue weighted by Crippen LogP contribution is -2.25. The number of ether oxygens (including phenoxy) is 1. The number of thiol groups is 1. The van der Waals surface area contributed by atoms with Gasteiger partial charge in [0.2, 0.25) is 5.89 Å². The molecule has 3 aromatic rings. The van der Waals surface area contributed by atoms with Gasteiger partial charge in [-0.05, 0) is 43.9 Å². The molecule has 2 aromatic heterocycles. The fourth-order valence-electron chi connectivity index (χ4n) is 2.69. The van der Waals surface area contributed by atoms with Gasteiger partial charge in [0.1, 0.15) is 6.54 Å². The highest BCUT2D eigenvalue weighted by molar-refractivity contribution is 7.80. The second kappa shape index (κ2) is 10.6. The van der Waals surface area contributed by atoms with Crippen LogP contribution in [0.3, 0.4) is 0 Å². The summed E-state index contributed by atoms with van der Waals surface area (Å²) < 4.78 is 11.4. The Balaban J connectivity index is 0.000000419. The first-order chi connectivity index (χ1) is 14.0. The lowest BCUT2D eigenvalue weighted by Gasteiger charge is -2.03. The van der Waals surface area contributed by atoms with Crippen LogP contribution in [0.4, 0.5) is 0 Å². The third kappa shape index (κ3) is 6.42. The molecule has 1 saturated heterocycles. The largest absolute Gasteiger partial charge is 0.381 e. The van der Waals surface area contributed by atoms with Crippen LogP contribution in [0.5, 0.6) is 0 Å². The molecule has 154 valence electrons. The minimum absolute atomic E-state index is 0.141. The van der Waals surface area contributed by atoms with E-state index in [0.29, 0.717) is 33.6 Å². The maximum Gasteiger partial charge on any atom is 0.271 e. The molecule has 0 unspecified atom stereocenters. The van der Waals surface area contributed by atoms with E-state index < -0.39 is 0 Å². The van der Waals surface area contributed by atoms with E-state index >= 15 is 0 Å². The Labute approximate surface area is 179 Å². The van der Waals surface area contributed by atoms with E-state index in [0.717, 1.165) is 25.2 Å². The minimum atomic E-state index is -0.219. The lowest BCUT2D eigenvalue weighted by molar-refractivity contribution is 0.198. The molecule has 0 bridgehead atoms. The van der Waals surface area contributed by atoms with Gasteiger partial charge in [-0.3, -0.25) is 4.79 Å². The molecule has 29 heavy (non-hydrogen) atoms. The number of rotatable bonds is 5. The molecule has 0 radical (unpaired) electrons. The van der Waals surface area contributed by atoms with Crippen molar-refractivity contribution in [3.63, 3.8) is 0 Å². The molecule has 0 amide bonds. The van der Waals surface area contributed by atoms with Crippen molar-refractivity contribution >= 4 is 24.2 Å². The molecule has 1 aromatic carbocycles. The first-order valence-electron chi connectivity index (χ1n) is 9.42. The molecule has 0 saturated carbocycles. The molecule has 4 rings (SSSR count). The Morgan fingerprint density at radius 3 is 2.55 bits per heavy atom. The molecule has 1 fully saturated rings. The number of hydrogen-bond donors (Lipinski definition) is 1. The average Bonchev–Trinajstić information content (AvgIpc) is 3.43. The smallest absolute Gasteiger partial charge is 0.271 e. The highest BCUT2D eigenvalue weighted by Crippen LogP contribution is 2.12. The second-order valence-electron chi connectivity index (χ2n) is 6.67. The zero-order valence-electron chi connectivity index (χ0n) is 16.2. The topological polar surface area (TPSA) is 83.0 Å². The van der Waals surface area contributed by atoms with Gasteiger partial charge in [-0.2, -0.15) is 10.1 Å². The first-order valence-corrected chi connectivity index (χ1v) is 10.2. The number of aromatic nitrogens is 4. The van der Waals surface area contributed by atoms with Gasteiger partial charge in [0.15, 0.2) is 5.82 Å². The SMILES string of the molecule is C1CCOC1.Cc1c(S)cnn(Cc2nc(CCc3ccc(Cl)cc3)no2)c1=O. The van der Waals surface area contributed by atoms with Crippen molar-refractivity contribution in [1.82, 2.24) is 19.9 Å². The summed E-state index contributed by atoms with van der Waals surface area (Å²) in [6.45, 7) is 3.84. The summed E-state index contributed by atoms with van der Waals surface area (Å²) in [6.07, 6.45) is 5.50. The van der Waals surface area contributed by atoms with Gasteiger partial charge in [-0.1, -0.05) is 28.9 Å². The number of nitrogens with zero attached hydrogens (tertiary/aromatic N) is 4. The van der Waals surface area contributed by atoms with E-state index in [-0.39, 0.29) is 12.1 Å². The van der Waals surface area contributed by atoms with Gasteiger partial charge >= 0.3 is 0 Å². The molecule has 1 aliphatic rings. The predicted molar refractivity (Wildman–Crippen MR) is 113 cm³/mol. The van der Waals surface area contributed by atoms with Crippen LogP contribution in [-0.4, -0.2) is 33.1 Å². The van der Waals surface area contributed by atoms with Crippen molar-refractivity contribution in [2.75, 3.05) is 13.2 Å². The van der Waals surface area contributed by atoms with E-state index in [1.54, 1.807) is 6.92 Å². The van der Waals surface area contributed by atoms with Crippen LogP contribution in [0, 0.1) is 6.92 Å². The molecule has 1 aliphatic heterocycles. The van der Waals surface area contributed by atoms with Crippen LogP contribution in [0.1, 0.15) is 35.7 Å². The Bertz CT molecular complexity index is 977. The molecule has 3 heterocycles. The van der Waals surface area contributed by atoms with Crippen LogP contribution in [0.2, 0.25) is 5.02 Å². The number of halogens is 1. The fraction of sp³-hybridized carbons (Fsp3) is 0.400. The number of aryl methyl sites for hydroxylation is 2. The normalized spacial score (nSPS) is 13.2.